The van der Waals surface area contributed by atoms with Crippen LogP contribution in [0.5, 0.6) is 0 Å². The molecule has 0 radical (unpaired) electrons. The van der Waals surface area contributed by atoms with Gasteiger partial charge in [0.2, 0.25) is 11.7 Å². The summed E-state index contributed by atoms with van der Waals surface area (Å²) in [7, 11) is 0. The molecule has 142 valence electrons. The van der Waals surface area contributed by atoms with Crippen LogP contribution in [-0.4, -0.2) is 41.0 Å². The summed E-state index contributed by atoms with van der Waals surface area (Å²) in [6, 6.07) is 18.8. The molecule has 1 saturated heterocycles. The average molecular weight is 375 g/mol. The van der Waals surface area contributed by atoms with Gasteiger partial charge in [0, 0.05) is 29.9 Å². The molecule has 1 fully saturated rings. The summed E-state index contributed by atoms with van der Waals surface area (Å²) in [5.41, 5.74) is 3.46. The Labute approximate surface area is 163 Å². The van der Waals surface area contributed by atoms with Crippen molar-refractivity contribution in [3.8, 4) is 11.3 Å². The lowest BCUT2D eigenvalue weighted by atomic mass is 10.1. The summed E-state index contributed by atoms with van der Waals surface area (Å²) in [4.78, 5) is 28.9. The van der Waals surface area contributed by atoms with Crippen LogP contribution in [0.3, 0.4) is 0 Å². The van der Waals surface area contributed by atoms with E-state index in [-0.39, 0.29) is 30.2 Å². The Morgan fingerprint density at radius 3 is 2.54 bits per heavy atom. The first kappa shape index (κ1) is 18.0. The number of aromatic nitrogens is 1. The van der Waals surface area contributed by atoms with Gasteiger partial charge in [0.25, 0.3) is 5.91 Å². The van der Waals surface area contributed by atoms with E-state index in [1.807, 2.05) is 68.4 Å². The number of rotatable bonds is 3. The van der Waals surface area contributed by atoms with E-state index in [1.54, 1.807) is 15.9 Å². The predicted octanol–water partition coefficient (Wildman–Crippen LogP) is 3.53. The summed E-state index contributed by atoms with van der Waals surface area (Å²) in [6.45, 7) is 4.38. The fourth-order valence-corrected chi connectivity index (χ4v) is 3.36. The van der Waals surface area contributed by atoms with Crippen molar-refractivity contribution in [1.29, 1.82) is 0 Å². The summed E-state index contributed by atoms with van der Waals surface area (Å²) < 4.78 is 5.28. The van der Waals surface area contributed by atoms with E-state index in [0.29, 0.717) is 12.2 Å². The summed E-state index contributed by atoms with van der Waals surface area (Å²) >= 11 is 0. The molecule has 0 unspecified atom stereocenters. The highest BCUT2D eigenvalue weighted by Crippen LogP contribution is 2.24. The van der Waals surface area contributed by atoms with Crippen LogP contribution in [0, 0.1) is 6.92 Å². The molecule has 1 aliphatic heterocycles. The second-order valence-corrected chi connectivity index (χ2v) is 7.06. The quantitative estimate of drug-likeness (QED) is 0.702. The van der Waals surface area contributed by atoms with Crippen molar-refractivity contribution in [3.05, 3.63) is 72.0 Å². The van der Waals surface area contributed by atoms with Gasteiger partial charge in [0.05, 0.1) is 0 Å². The number of piperazine rings is 1. The maximum Gasteiger partial charge on any atom is 0.293 e. The predicted molar refractivity (Wildman–Crippen MR) is 106 cm³/mol. The molecule has 2 amide bonds. The molecule has 4 rings (SSSR count). The van der Waals surface area contributed by atoms with Crippen molar-refractivity contribution >= 4 is 17.5 Å². The molecule has 2 aromatic carbocycles. The van der Waals surface area contributed by atoms with Gasteiger partial charge in [-0.25, -0.2) is 0 Å². The lowest BCUT2D eigenvalue weighted by Crippen LogP contribution is -2.57. The third-order valence-electron chi connectivity index (χ3n) is 4.98. The van der Waals surface area contributed by atoms with Crippen molar-refractivity contribution in [2.24, 2.45) is 0 Å². The Morgan fingerprint density at radius 2 is 1.82 bits per heavy atom. The maximum atomic E-state index is 12.9. The first-order valence-corrected chi connectivity index (χ1v) is 9.23. The minimum absolute atomic E-state index is 0.00917. The smallest absolute Gasteiger partial charge is 0.293 e. The van der Waals surface area contributed by atoms with E-state index in [0.717, 1.165) is 16.8 Å². The highest BCUT2D eigenvalue weighted by molar-refractivity contribution is 6.01. The fraction of sp³-hybridized carbons (Fsp3) is 0.227. The zero-order valence-corrected chi connectivity index (χ0v) is 15.8. The molecule has 0 saturated carbocycles. The van der Waals surface area contributed by atoms with Crippen LogP contribution in [0.25, 0.3) is 11.3 Å². The van der Waals surface area contributed by atoms with E-state index in [1.165, 1.54) is 0 Å². The number of carbonyl (C=O) groups is 2. The van der Waals surface area contributed by atoms with Gasteiger partial charge in [-0.2, -0.15) is 0 Å². The molecule has 1 aliphatic rings. The Hall–Kier alpha value is -3.41. The first-order valence-electron chi connectivity index (χ1n) is 9.23. The molecule has 3 aromatic rings. The highest BCUT2D eigenvalue weighted by atomic mass is 16.5. The summed E-state index contributed by atoms with van der Waals surface area (Å²) in [5.74, 6) is -0.292. The SMILES string of the molecule is Cc1ccc(N2C[C@H](C)N(C(=O)c3cc(-c4ccccc4)no3)CC2=O)cc1. The largest absolute Gasteiger partial charge is 0.350 e. The molecule has 0 spiro atoms. The van der Waals surface area contributed by atoms with Crippen LogP contribution in [0.15, 0.2) is 65.2 Å². The standard InChI is InChI=1S/C22H21N3O3/c1-15-8-10-18(11-9-15)25-13-16(2)24(14-21(25)26)22(27)20-12-19(23-28-20)17-6-4-3-5-7-17/h3-12,16H,13-14H2,1-2H3/t16-/m0/s1. The van der Waals surface area contributed by atoms with Gasteiger partial charge in [0.15, 0.2) is 0 Å². The third kappa shape index (κ3) is 3.41. The van der Waals surface area contributed by atoms with Gasteiger partial charge < -0.3 is 14.3 Å². The molecule has 2 heterocycles. The van der Waals surface area contributed by atoms with Crippen LogP contribution in [0.1, 0.15) is 23.0 Å². The van der Waals surface area contributed by atoms with Gasteiger partial charge in [-0.1, -0.05) is 53.2 Å². The van der Waals surface area contributed by atoms with Crippen molar-refractivity contribution < 1.29 is 14.1 Å². The van der Waals surface area contributed by atoms with Crippen molar-refractivity contribution in [2.45, 2.75) is 19.9 Å². The maximum absolute atomic E-state index is 12.9. The topological polar surface area (TPSA) is 66.7 Å². The van der Waals surface area contributed by atoms with Gasteiger partial charge in [-0.15, -0.1) is 0 Å². The number of hydrogen-bond donors (Lipinski definition) is 0. The normalized spacial score (nSPS) is 17.1. The van der Waals surface area contributed by atoms with Crippen molar-refractivity contribution in [1.82, 2.24) is 10.1 Å². The second kappa shape index (κ2) is 7.31. The fourth-order valence-electron chi connectivity index (χ4n) is 3.36. The number of hydrogen-bond acceptors (Lipinski definition) is 4. The minimum atomic E-state index is -0.320. The Bertz CT molecular complexity index is 995. The van der Waals surface area contributed by atoms with Gasteiger partial charge in [-0.05, 0) is 26.0 Å². The lowest BCUT2D eigenvalue weighted by molar-refractivity contribution is -0.121. The summed E-state index contributed by atoms with van der Waals surface area (Å²) in [6.07, 6.45) is 0. The van der Waals surface area contributed by atoms with Crippen molar-refractivity contribution in [3.63, 3.8) is 0 Å². The number of carbonyl (C=O) groups excluding carboxylic acids is 2. The van der Waals surface area contributed by atoms with E-state index < -0.39 is 0 Å². The highest BCUT2D eigenvalue weighted by Gasteiger charge is 2.35. The third-order valence-corrected chi connectivity index (χ3v) is 4.98. The number of nitrogens with zero attached hydrogens (tertiary/aromatic N) is 3. The molecule has 1 atom stereocenters. The molecule has 1 aromatic heterocycles. The van der Waals surface area contributed by atoms with Crippen LogP contribution >= 0.6 is 0 Å². The Morgan fingerprint density at radius 1 is 1.11 bits per heavy atom. The monoisotopic (exact) mass is 375 g/mol. The average Bonchev–Trinajstić information content (AvgIpc) is 3.21. The Kier molecular flexibility index (Phi) is 4.69. The van der Waals surface area contributed by atoms with E-state index in [2.05, 4.69) is 5.16 Å². The van der Waals surface area contributed by atoms with E-state index in [9.17, 15) is 9.59 Å². The van der Waals surface area contributed by atoms with Crippen LogP contribution in [-0.2, 0) is 4.79 Å². The zero-order valence-electron chi connectivity index (χ0n) is 15.8. The lowest BCUT2D eigenvalue weighted by Gasteiger charge is -2.38. The molecule has 0 bridgehead atoms. The van der Waals surface area contributed by atoms with Gasteiger partial charge in [-0.3, -0.25) is 9.59 Å². The van der Waals surface area contributed by atoms with Crippen LogP contribution in [0.4, 0.5) is 5.69 Å². The second-order valence-electron chi connectivity index (χ2n) is 7.06. The summed E-state index contributed by atoms with van der Waals surface area (Å²) in [5, 5.41) is 4.00. The number of benzene rings is 2. The number of anilines is 1. The molecule has 28 heavy (non-hydrogen) atoms. The zero-order chi connectivity index (χ0) is 19.7. The Balaban J connectivity index is 1.51. The van der Waals surface area contributed by atoms with Crippen LogP contribution in [0.2, 0.25) is 0 Å². The first-order chi connectivity index (χ1) is 13.5. The molecular formula is C22H21N3O3. The molecule has 0 aliphatic carbocycles. The molecule has 6 nitrogen and oxygen atoms in total. The molecule has 6 heteroatoms. The van der Waals surface area contributed by atoms with E-state index in [4.69, 9.17) is 4.52 Å². The van der Waals surface area contributed by atoms with Crippen LogP contribution < -0.4 is 4.90 Å². The van der Waals surface area contributed by atoms with Crippen molar-refractivity contribution in [2.75, 3.05) is 18.0 Å². The number of aryl methyl sites for hydroxylation is 1. The molecular weight excluding hydrogens is 354 g/mol. The van der Waals surface area contributed by atoms with Gasteiger partial charge >= 0.3 is 0 Å². The minimum Gasteiger partial charge on any atom is -0.350 e. The number of amides is 2. The van der Waals surface area contributed by atoms with E-state index >= 15 is 0 Å². The van der Waals surface area contributed by atoms with Gasteiger partial charge in [0.1, 0.15) is 12.2 Å². The molecule has 0 N–H and O–H groups in total.